The van der Waals surface area contributed by atoms with Gasteiger partial charge in [0.2, 0.25) is 0 Å². The van der Waals surface area contributed by atoms with Crippen LogP contribution in [0.15, 0.2) is 29.3 Å². The SMILES string of the molecule is CC1(C2CC2)NC(=O)N(c2cccc(CN=C(N)NC3CC3)c2)C1=O. The van der Waals surface area contributed by atoms with Gasteiger partial charge in [0.15, 0.2) is 5.96 Å². The highest BCUT2D eigenvalue weighted by Gasteiger charge is 2.56. The summed E-state index contributed by atoms with van der Waals surface area (Å²) >= 11 is 0. The smallest absolute Gasteiger partial charge is 0.329 e. The number of rotatable bonds is 5. The highest BCUT2D eigenvalue weighted by Crippen LogP contribution is 2.43. The molecule has 7 nitrogen and oxygen atoms in total. The van der Waals surface area contributed by atoms with Crippen molar-refractivity contribution in [3.8, 4) is 0 Å². The molecule has 1 aromatic rings. The molecule has 3 amide bonds. The van der Waals surface area contributed by atoms with E-state index in [1.165, 1.54) is 4.90 Å². The van der Waals surface area contributed by atoms with Gasteiger partial charge in [0.1, 0.15) is 5.54 Å². The first kappa shape index (κ1) is 15.9. The second-order valence-corrected chi connectivity index (χ2v) is 7.34. The summed E-state index contributed by atoms with van der Waals surface area (Å²) < 4.78 is 0. The number of nitrogens with zero attached hydrogens (tertiary/aromatic N) is 2. The minimum Gasteiger partial charge on any atom is -0.370 e. The van der Waals surface area contributed by atoms with Gasteiger partial charge in [-0.05, 0) is 56.2 Å². The van der Waals surface area contributed by atoms with E-state index < -0.39 is 5.54 Å². The predicted octanol–water partition coefficient (Wildman–Crippen LogP) is 1.48. The Labute approximate surface area is 146 Å². The van der Waals surface area contributed by atoms with Gasteiger partial charge in [-0.15, -0.1) is 0 Å². The number of imide groups is 1. The zero-order valence-corrected chi connectivity index (χ0v) is 14.3. The van der Waals surface area contributed by atoms with Gasteiger partial charge >= 0.3 is 6.03 Å². The molecule has 0 radical (unpaired) electrons. The summed E-state index contributed by atoms with van der Waals surface area (Å²) in [5.74, 6) is 0.509. The maximum absolute atomic E-state index is 12.8. The summed E-state index contributed by atoms with van der Waals surface area (Å²) in [4.78, 5) is 30.8. The van der Waals surface area contributed by atoms with Crippen molar-refractivity contribution in [2.24, 2.45) is 16.6 Å². The maximum atomic E-state index is 12.8. The topological polar surface area (TPSA) is 99.8 Å². The van der Waals surface area contributed by atoms with Crippen molar-refractivity contribution in [2.75, 3.05) is 4.90 Å². The Hall–Kier alpha value is -2.57. The third-order valence-electron chi connectivity index (χ3n) is 5.14. The quantitative estimate of drug-likeness (QED) is 0.429. The van der Waals surface area contributed by atoms with Crippen molar-refractivity contribution in [1.82, 2.24) is 10.6 Å². The van der Waals surface area contributed by atoms with Gasteiger partial charge in [0, 0.05) is 6.04 Å². The lowest BCUT2D eigenvalue weighted by atomic mass is 9.96. The maximum Gasteiger partial charge on any atom is 0.329 e. The number of benzene rings is 1. The Balaban J connectivity index is 1.50. The first-order valence-electron chi connectivity index (χ1n) is 8.79. The molecule has 2 aliphatic carbocycles. The molecule has 1 heterocycles. The number of carbonyl (C=O) groups excluding carboxylic acids is 2. The summed E-state index contributed by atoms with van der Waals surface area (Å²) in [7, 11) is 0. The lowest BCUT2D eigenvalue weighted by Crippen LogP contribution is -2.46. The van der Waals surface area contributed by atoms with Crippen molar-refractivity contribution < 1.29 is 9.59 Å². The van der Waals surface area contributed by atoms with Crippen LogP contribution in [-0.2, 0) is 11.3 Å². The molecule has 1 aromatic carbocycles. The number of hydrogen-bond donors (Lipinski definition) is 3. The average Bonchev–Trinajstić information content (AvgIpc) is 3.46. The number of carbonyl (C=O) groups is 2. The van der Waals surface area contributed by atoms with Crippen LogP contribution in [-0.4, -0.2) is 29.5 Å². The number of nitrogens with two attached hydrogens (primary N) is 1. The number of hydrogen-bond acceptors (Lipinski definition) is 3. The van der Waals surface area contributed by atoms with Gasteiger partial charge in [-0.25, -0.2) is 14.7 Å². The molecule has 0 spiro atoms. The second-order valence-electron chi connectivity index (χ2n) is 7.34. The molecule has 0 aromatic heterocycles. The second kappa shape index (κ2) is 5.75. The summed E-state index contributed by atoms with van der Waals surface area (Å²) in [6.07, 6.45) is 4.24. The molecule has 25 heavy (non-hydrogen) atoms. The third-order valence-corrected chi connectivity index (χ3v) is 5.14. The first-order chi connectivity index (χ1) is 12.0. The van der Waals surface area contributed by atoms with Crippen LogP contribution in [0.25, 0.3) is 0 Å². The van der Waals surface area contributed by atoms with Crippen molar-refractivity contribution >= 4 is 23.6 Å². The molecular formula is C18H23N5O2. The van der Waals surface area contributed by atoms with Crippen LogP contribution in [0.2, 0.25) is 0 Å². The molecule has 1 atom stereocenters. The Bertz CT molecular complexity index is 754. The normalized spacial score (nSPS) is 26.8. The van der Waals surface area contributed by atoms with E-state index >= 15 is 0 Å². The van der Waals surface area contributed by atoms with Crippen molar-refractivity contribution in [3.63, 3.8) is 0 Å². The Morgan fingerprint density at radius 2 is 2.12 bits per heavy atom. The molecule has 1 aliphatic heterocycles. The monoisotopic (exact) mass is 341 g/mol. The molecule has 4 rings (SSSR count). The highest BCUT2D eigenvalue weighted by atomic mass is 16.2. The van der Waals surface area contributed by atoms with Crippen molar-refractivity contribution in [3.05, 3.63) is 29.8 Å². The minimum absolute atomic E-state index is 0.171. The fraction of sp³-hybridized carbons (Fsp3) is 0.500. The van der Waals surface area contributed by atoms with Crippen molar-refractivity contribution in [2.45, 2.75) is 50.7 Å². The van der Waals surface area contributed by atoms with E-state index in [1.807, 2.05) is 25.1 Å². The first-order valence-corrected chi connectivity index (χ1v) is 8.79. The van der Waals surface area contributed by atoms with Gasteiger partial charge in [0.25, 0.3) is 5.91 Å². The lowest BCUT2D eigenvalue weighted by molar-refractivity contribution is -0.122. The minimum atomic E-state index is -0.774. The Morgan fingerprint density at radius 3 is 2.80 bits per heavy atom. The number of nitrogens with one attached hydrogen (secondary N) is 2. The molecular weight excluding hydrogens is 318 g/mol. The van der Waals surface area contributed by atoms with Gasteiger partial charge < -0.3 is 16.4 Å². The number of aliphatic imine (C=N–C) groups is 1. The van der Waals surface area contributed by atoms with Gasteiger partial charge in [-0.1, -0.05) is 12.1 Å². The number of guanidine groups is 1. The van der Waals surface area contributed by atoms with E-state index in [4.69, 9.17) is 5.73 Å². The van der Waals surface area contributed by atoms with Crippen LogP contribution in [0.3, 0.4) is 0 Å². The van der Waals surface area contributed by atoms with Crippen LogP contribution < -0.4 is 21.3 Å². The predicted molar refractivity (Wildman–Crippen MR) is 95.1 cm³/mol. The van der Waals surface area contributed by atoms with E-state index in [2.05, 4.69) is 15.6 Å². The molecule has 3 aliphatic rings. The van der Waals surface area contributed by atoms with Crippen LogP contribution >= 0.6 is 0 Å². The number of amides is 3. The van der Waals surface area contributed by atoms with E-state index in [9.17, 15) is 9.59 Å². The van der Waals surface area contributed by atoms with Crippen LogP contribution in [0.4, 0.5) is 10.5 Å². The zero-order valence-electron chi connectivity index (χ0n) is 14.3. The fourth-order valence-corrected chi connectivity index (χ4v) is 3.28. The Kier molecular flexibility index (Phi) is 3.67. The molecule has 0 bridgehead atoms. The van der Waals surface area contributed by atoms with Gasteiger partial charge in [0.05, 0.1) is 12.2 Å². The van der Waals surface area contributed by atoms with E-state index in [0.717, 1.165) is 31.2 Å². The number of urea groups is 1. The molecule has 132 valence electrons. The van der Waals surface area contributed by atoms with Crippen LogP contribution in [0.5, 0.6) is 0 Å². The van der Waals surface area contributed by atoms with Gasteiger partial charge in [-0.2, -0.15) is 0 Å². The highest BCUT2D eigenvalue weighted by molar-refractivity contribution is 6.23. The van der Waals surface area contributed by atoms with E-state index in [0.29, 0.717) is 24.2 Å². The molecule has 3 fully saturated rings. The van der Waals surface area contributed by atoms with Gasteiger partial charge in [-0.3, -0.25) is 4.79 Å². The molecule has 7 heteroatoms. The van der Waals surface area contributed by atoms with Crippen LogP contribution in [0.1, 0.15) is 38.2 Å². The van der Waals surface area contributed by atoms with E-state index in [1.54, 1.807) is 6.07 Å². The lowest BCUT2D eigenvalue weighted by Gasteiger charge is -2.21. The Morgan fingerprint density at radius 1 is 1.36 bits per heavy atom. The standard InChI is InChI=1S/C18H23N5O2/c1-18(12-5-6-12)15(24)23(17(25)22-18)14-4-2-3-11(9-14)10-20-16(19)21-13-7-8-13/h2-4,9,12-13H,5-8,10H2,1H3,(H,22,25)(H3,19,20,21). The summed E-state index contributed by atoms with van der Waals surface area (Å²) in [5.41, 5.74) is 6.56. The fourth-order valence-electron chi connectivity index (χ4n) is 3.28. The molecule has 1 unspecified atom stereocenters. The van der Waals surface area contributed by atoms with E-state index in [-0.39, 0.29) is 17.9 Å². The number of anilines is 1. The van der Waals surface area contributed by atoms with Crippen molar-refractivity contribution in [1.29, 1.82) is 0 Å². The largest absolute Gasteiger partial charge is 0.370 e. The zero-order chi connectivity index (χ0) is 17.6. The summed E-state index contributed by atoms with van der Waals surface area (Å²) in [5, 5.41) is 6.01. The summed E-state index contributed by atoms with van der Waals surface area (Å²) in [6.45, 7) is 2.23. The molecule has 1 saturated heterocycles. The third kappa shape index (κ3) is 3.06. The molecule has 2 saturated carbocycles. The summed E-state index contributed by atoms with van der Waals surface area (Å²) in [6, 6.07) is 7.45. The van der Waals surface area contributed by atoms with Crippen LogP contribution in [0, 0.1) is 5.92 Å². The average molecular weight is 341 g/mol. The molecule has 4 N–H and O–H groups in total.